The maximum Gasteiger partial charge on any atom is 0.328 e. The molecule has 1 fully saturated rings. The second kappa shape index (κ2) is 8.33. The van der Waals surface area contributed by atoms with E-state index in [9.17, 15) is 9.59 Å². The Morgan fingerprint density at radius 1 is 1.45 bits per heavy atom. The number of thioether (sulfide) groups is 1. The minimum atomic E-state index is -0.441. The van der Waals surface area contributed by atoms with E-state index in [0.29, 0.717) is 19.6 Å². The molecule has 1 aliphatic rings. The van der Waals surface area contributed by atoms with Gasteiger partial charge in [-0.3, -0.25) is 4.79 Å². The zero-order valence-corrected chi connectivity index (χ0v) is 14.3. The van der Waals surface area contributed by atoms with Crippen LogP contribution in [0, 0.1) is 0 Å². The molecule has 0 saturated carbocycles. The Balaban J connectivity index is 1.92. The van der Waals surface area contributed by atoms with E-state index in [1.54, 1.807) is 18.9 Å². The first-order valence-electron chi connectivity index (χ1n) is 7.25. The van der Waals surface area contributed by atoms with Gasteiger partial charge in [-0.05, 0) is 26.2 Å². The number of carbonyl (C=O) groups excluding carboxylic acids is 2. The average molecular weight is 344 g/mol. The highest BCUT2D eigenvalue weighted by Crippen LogP contribution is 2.26. The minimum Gasteiger partial charge on any atom is -0.464 e. The van der Waals surface area contributed by atoms with Crippen LogP contribution in [0.25, 0.3) is 0 Å². The van der Waals surface area contributed by atoms with Crippen LogP contribution in [0.5, 0.6) is 0 Å². The van der Waals surface area contributed by atoms with Crippen LogP contribution in [0.2, 0.25) is 0 Å². The molecule has 0 spiro atoms. The summed E-state index contributed by atoms with van der Waals surface area (Å²) < 4.78 is 5.81. The molecule has 0 aromatic carbocycles. The lowest BCUT2D eigenvalue weighted by Crippen LogP contribution is -2.49. The summed E-state index contributed by atoms with van der Waals surface area (Å²) in [6, 6.07) is -0.441. The van der Waals surface area contributed by atoms with Crippen molar-refractivity contribution in [2.24, 2.45) is 0 Å². The molecule has 7 nitrogen and oxygen atoms in total. The highest BCUT2D eigenvalue weighted by atomic mass is 32.2. The Morgan fingerprint density at radius 3 is 2.95 bits per heavy atom. The van der Waals surface area contributed by atoms with E-state index in [0.717, 1.165) is 22.3 Å². The number of amides is 1. The fourth-order valence-corrected chi connectivity index (χ4v) is 3.88. The Bertz CT molecular complexity index is 523. The topological polar surface area (TPSA) is 84.4 Å². The van der Waals surface area contributed by atoms with Crippen molar-refractivity contribution in [1.82, 2.24) is 15.1 Å². The Kier molecular flexibility index (Phi) is 6.44. The summed E-state index contributed by atoms with van der Waals surface area (Å²) in [7, 11) is 1.78. The highest BCUT2D eigenvalue weighted by Gasteiger charge is 2.33. The monoisotopic (exact) mass is 344 g/mol. The number of nitrogens with one attached hydrogen (secondary N) is 1. The van der Waals surface area contributed by atoms with Crippen molar-refractivity contribution >= 4 is 40.1 Å². The lowest BCUT2D eigenvalue weighted by molar-refractivity contribution is -0.155. The van der Waals surface area contributed by atoms with Crippen LogP contribution in [0.15, 0.2) is 4.34 Å². The second-order valence-corrected chi connectivity index (χ2v) is 6.96. The van der Waals surface area contributed by atoms with Gasteiger partial charge < -0.3 is 15.0 Å². The molecule has 0 bridgehead atoms. The summed E-state index contributed by atoms with van der Waals surface area (Å²) in [4.78, 5) is 26.0. The van der Waals surface area contributed by atoms with E-state index in [4.69, 9.17) is 4.74 Å². The molecule has 1 aliphatic heterocycles. The van der Waals surface area contributed by atoms with Gasteiger partial charge in [0.15, 0.2) is 4.34 Å². The lowest BCUT2D eigenvalue weighted by atomic mass is 10.0. The molecule has 22 heavy (non-hydrogen) atoms. The van der Waals surface area contributed by atoms with E-state index < -0.39 is 6.04 Å². The van der Waals surface area contributed by atoms with Crippen LogP contribution in [0.3, 0.4) is 0 Å². The van der Waals surface area contributed by atoms with Gasteiger partial charge >= 0.3 is 5.97 Å². The first kappa shape index (κ1) is 17.0. The number of carbonyl (C=O) groups is 2. The number of rotatable bonds is 6. The summed E-state index contributed by atoms with van der Waals surface area (Å²) in [6.45, 7) is 2.72. The number of ether oxygens (including phenoxy) is 1. The highest BCUT2D eigenvalue weighted by molar-refractivity contribution is 8.01. The number of nitrogens with zero attached hydrogens (tertiary/aromatic N) is 3. The third-order valence-electron chi connectivity index (χ3n) is 3.32. The van der Waals surface area contributed by atoms with Crippen molar-refractivity contribution in [1.29, 1.82) is 0 Å². The number of aromatic nitrogens is 2. The predicted octanol–water partition coefficient (Wildman–Crippen LogP) is 1.62. The van der Waals surface area contributed by atoms with Crippen molar-refractivity contribution in [2.45, 2.75) is 36.6 Å². The fourth-order valence-electron chi connectivity index (χ4n) is 2.29. The van der Waals surface area contributed by atoms with Gasteiger partial charge in [-0.25, -0.2) is 4.79 Å². The van der Waals surface area contributed by atoms with E-state index in [-0.39, 0.29) is 17.6 Å². The quantitative estimate of drug-likeness (QED) is 0.620. The number of esters is 1. The van der Waals surface area contributed by atoms with E-state index >= 15 is 0 Å². The van der Waals surface area contributed by atoms with E-state index in [1.807, 2.05) is 0 Å². The summed E-state index contributed by atoms with van der Waals surface area (Å²) >= 11 is 2.75. The standard InChI is InChI=1S/C13H20N4O3S2/c1-3-20-11(19)9-6-4-5-7-17(9)10(18)8-21-13-16-15-12(14-2)22-13/h9H,3-8H2,1-2H3,(H,14,15)/t9-/m0/s1. The first-order valence-corrected chi connectivity index (χ1v) is 9.06. The van der Waals surface area contributed by atoms with Crippen molar-refractivity contribution in [2.75, 3.05) is 31.3 Å². The van der Waals surface area contributed by atoms with Crippen LogP contribution in [0.1, 0.15) is 26.2 Å². The Labute approximate surface area is 137 Å². The van der Waals surface area contributed by atoms with Gasteiger partial charge in [0, 0.05) is 13.6 Å². The largest absolute Gasteiger partial charge is 0.464 e. The summed E-state index contributed by atoms with van der Waals surface area (Å²) in [5.74, 6) is -0.0910. The number of piperidine rings is 1. The molecular weight excluding hydrogens is 324 g/mol. The third kappa shape index (κ3) is 4.33. The maximum absolute atomic E-state index is 12.4. The van der Waals surface area contributed by atoms with Gasteiger partial charge in [0.2, 0.25) is 11.0 Å². The zero-order valence-electron chi connectivity index (χ0n) is 12.7. The molecule has 2 rings (SSSR count). The van der Waals surface area contributed by atoms with E-state index in [1.165, 1.54) is 23.1 Å². The molecule has 0 radical (unpaired) electrons. The molecule has 122 valence electrons. The number of hydrogen-bond acceptors (Lipinski definition) is 8. The van der Waals surface area contributed by atoms with Crippen LogP contribution >= 0.6 is 23.1 Å². The predicted molar refractivity (Wildman–Crippen MR) is 86.2 cm³/mol. The summed E-state index contributed by atoms with van der Waals surface area (Å²) in [5, 5.41) is 11.6. The number of likely N-dealkylation sites (tertiary alicyclic amines) is 1. The van der Waals surface area contributed by atoms with E-state index in [2.05, 4.69) is 15.5 Å². The molecule has 2 heterocycles. The molecule has 9 heteroatoms. The van der Waals surface area contributed by atoms with Gasteiger partial charge in [0.25, 0.3) is 0 Å². The molecular formula is C13H20N4O3S2. The molecule has 0 aliphatic carbocycles. The SMILES string of the molecule is CCOC(=O)[C@@H]1CCCCN1C(=O)CSc1nnc(NC)s1. The average Bonchev–Trinajstić information content (AvgIpc) is 3.01. The van der Waals surface area contributed by atoms with Crippen LogP contribution in [-0.2, 0) is 14.3 Å². The van der Waals surface area contributed by atoms with Crippen molar-refractivity contribution in [3.05, 3.63) is 0 Å². The second-order valence-electron chi connectivity index (χ2n) is 4.76. The molecule has 1 atom stereocenters. The van der Waals surface area contributed by atoms with Crippen LogP contribution < -0.4 is 5.32 Å². The summed E-state index contributed by atoms with van der Waals surface area (Å²) in [6.07, 6.45) is 2.55. The van der Waals surface area contributed by atoms with Crippen LogP contribution in [-0.4, -0.2) is 59.0 Å². The molecule has 1 amide bonds. The van der Waals surface area contributed by atoms with Crippen molar-refractivity contribution in [3.63, 3.8) is 0 Å². The molecule has 1 saturated heterocycles. The van der Waals surface area contributed by atoms with Gasteiger partial charge in [-0.1, -0.05) is 23.1 Å². The normalized spacial score (nSPS) is 18.1. The molecule has 1 aromatic rings. The smallest absolute Gasteiger partial charge is 0.328 e. The van der Waals surface area contributed by atoms with Crippen LogP contribution in [0.4, 0.5) is 5.13 Å². The van der Waals surface area contributed by atoms with Gasteiger partial charge in [0.05, 0.1) is 12.4 Å². The molecule has 1 aromatic heterocycles. The fraction of sp³-hybridized carbons (Fsp3) is 0.692. The van der Waals surface area contributed by atoms with Crippen molar-refractivity contribution in [3.8, 4) is 0 Å². The Morgan fingerprint density at radius 2 is 2.27 bits per heavy atom. The molecule has 1 N–H and O–H groups in total. The van der Waals surface area contributed by atoms with Crippen molar-refractivity contribution < 1.29 is 14.3 Å². The summed E-state index contributed by atoms with van der Waals surface area (Å²) in [5.41, 5.74) is 0. The maximum atomic E-state index is 12.4. The minimum absolute atomic E-state index is 0.0519. The number of anilines is 1. The van der Waals surface area contributed by atoms with Gasteiger partial charge in [-0.15, -0.1) is 10.2 Å². The lowest BCUT2D eigenvalue weighted by Gasteiger charge is -2.33. The first-order chi connectivity index (χ1) is 10.7. The zero-order chi connectivity index (χ0) is 15.9. The third-order valence-corrected chi connectivity index (χ3v) is 5.38. The molecule has 0 unspecified atom stereocenters. The number of hydrogen-bond donors (Lipinski definition) is 1. The van der Waals surface area contributed by atoms with Gasteiger partial charge in [0.1, 0.15) is 6.04 Å². The Hall–Kier alpha value is -1.35. The van der Waals surface area contributed by atoms with Gasteiger partial charge in [-0.2, -0.15) is 0 Å².